The van der Waals surface area contributed by atoms with Crippen molar-refractivity contribution in [3.63, 3.8) is 0 Å². The van der Waals surface area contributed by atoms with Crippen LogP contribution in [0.4, 0.5) is 0 Å². The second-order valence-electron chi connectivity index (χ2n) is 1.51. The van der Waals surface area contributed by atoms with Gasteiger partial charge in [0.05, 0.1) is 6.20 Å². The van der Waals surface area contributed by atoms with E-state index in [0.29, 0.717) is 10.9 Å². The molecular weight excluding hydrogens is 152 g/mol. The zero-order chi connectivity index (χ0) is 7.40. The fourth-order valence-electron chi connectivity index (χ4n) is 0.475. The number of pyridine rings is 1. The topological polar surface area (TPSA) is 45.9 Å². The normalized spacial score (nSPS) is 8.40. The predicted molar refractivity (Wildman–Crippen MR) is 35.5 cm³/mol. The van der Waals surface area contributed by atoms with Crippen molar-refractivity contribution in [3.8, 4) is 12.0 Å². The van der Waals surface area contributed by atoms with Crippen molar-refractivity contribution >= 4 is 11.6 Å². The van der Waals surface area contributed by atoms with Gasteiger partial charge in [0.25, 0.3) is 6.26 Å². The Labute approximate surface area is 62.8 Å². The average molecular weight is 155 g/mol. The molecule has 0 N–H and O–H groups in total. The Hall–Kier alpha value is -1.27. The fraction of sp³-hybridized carbons (Fsp3) is 0. The Balaban J connectivity index is 2.81. The summed E-state index contributed by atoms with van der Waals surface area (Å²) in [4.78, 5) is 3.69. The summed E-state index contributed by atoms with van der Waals surface area (Å²) in [5.74, 6) is 0.395. The standard InChI is InChI=1S/C6H3ClN2O/c7-6-2-1-5(3-9-6)10-4-8/h1-3H. The van der Waals surface area contributed by atoms with E-state index in [2.05, 4.69) is 9.72 Å². The smallest absolute Gasteiger partial charge is 0.292 e. The van der Waals surface area contributed by atoms with Crippen LogP contribution in [0.25, 0.3) is 0 Å². The average Bonchev–Trinajstić information content (AvgIpc) is 1.95. The van der Waals surface area contributed by atoms with Crippen LogP contribution < -0.4 is 4.74 Å². The highest BCUT2D eigenvalue weighted by Crippen LogP contribution is 2.10. The number of nitrogens with zero attached hydrogens (tertiary/aromatic N) is 2. The van der Waals surface area contributed by atoms with Gasteiger partial charge in [0.2, 0.25) is 0 Å². The third-order valence-electron chi connectivity index (χ3n) is 0.864. The second kappa shape index (κ2) is 3.04. The fourth-order valence-corrected chi connectivity index (χ4v) is 0.587. The Bertz CT molecular complexity index is 251. The molecule has 1 aromatic heterocycles. The highest BCUT2D eigenvalue weighted by Gasteiger charge is 1.91. The molecule has 3 nitrogen and oxygen atoms in total. The summed E-state index contributed by atoms with van der Waals surface area (Å²) in [5, 5.41) is 8.44. The van der Waals surface area contributed by atoms with Gasteiger partial charge in [-0.2, -0.15) is 0 Å². The molecule has 0 aliphatic carbocycles. The highest BCUT2D eigenvalue weighted by atomic mass is 35.5. The van der Waals surface area contributed by atoms with Crippen molar-refractivity contribution in [2.75, 3.05) is 0 Å². The molecule has 0 aliphatic rings. The molecule has 1 heterocycles. The van der Waals surface area contributed by atoms with Crippen LogP contribution in [-0.4, -0.2) is 4.98 Å². The maximum atomic E-state index is 8.06. The number of nitriles is 1. The molecule has 50 valence electrons. The van der Waals surface area contributed by atoms with Crippen molar-refractivity contribution in [3.05, 3.63) is 23.5 Å². The predicted octanol–water partition coefficient (Wildman–Crippen LogP) is 1.59. The molecule has 0 spiro atoms. The monoisotopic (exact) mass is 154 g/mol. The minimum absolute atomic E-state index is 0.380. The van der Waals surface area contributed by atoms with Gasteiger partial charge in [0.1, 0.15) is 5.15 Å². The molecular formula is C6H3ClN2O. The van der Waals surface area contributed by atoms with E-state index in [4.69, 9.17) is 16.9 Å². The first-order valence-electron chi connectivity index (χ1n) is 2.50. The molecule has 0 amide bonds. The zero-order valence-electron chi connectivity index (χ0n) is 4.91. The molecule has 0 aromatic carbocycles. The van der Waals surface area contributed by atoms with E-state index in [-0.39, 0.29) is 0 Å². The van der Waals surface area contributed by atoms with Crippen molar-refractivity contribution in [2.45, 2.75) is 0 Å². The Morgan fingerprint density at radius 2 is 2.40 bits per heavy atom. The van der Waals surface area contributed by atoms with Crippen LogP contribution in [0.1, 0.15) is 0 Å². The van der Waals surface area contributed by atoms with Gasteiger partial charge in [-0.25, -0.2) is 4.98 Å². The maximum absolute atomic E-state index is 8.06. The van der Waals surface area contributed by atoms with E-state index in [9.17, 15) is 0 Å². The molecule has 0 aliphatic heterocycles. The largest absolute Gasteiger partial charge is 0.386 e. The lowest BCUT2D eigenvalue weighted by Crippen LogP contribution is -1.82. The molecule has 0 atom stereocenters. The third-order valence-corrected chi connectivity index (χ3v) is 1.09. The number of ether oxygens (including phenoxy) is 1. The first-order valence-corrected chi connectivity index (χ1v) is 2.88. The first kappa shape index (κ1) is 6.84. The Kier molecular flexibility index (Phi) is 2.08. The van der Waals surface area contributed by atoms with Crippen molar-refractivity contribution in [1.82, 2.24) is 4.98 Å². The number of aromatic nitrogens is 1. The van der Waals surface area contributed by atoms with Gasteiger partial charge in [0, 0.05) is 0 Å². The number of halogens is 1. The van der Waals surface area contributed by atoms with Gasteiger partial charge < -0.3 is 4.74 Å². The Morgan fingerprint density at radius 1 is 1.60 bits per heavy atom. The van der Waals surface area contributed by atoms with E-state index < -0.39 is 0 Å². The summed E-state index contributed by atoms with van der Waals surface area (Å²) < 4.78 is 4.45. The van der Waals surface area contributed by atoms with Gasteiger partial charge in [-0.05, 0) is 12.1 Å². The molecule has 0 saturated heterocycles. The molecule has 1 rings (SSSR count). The lowest BCUT2D eigenvalue weighted by molar-refractivity contribution is 0.504. The maximum Gasteiger partial charge on any atom is 0.292 e. The highest BCUT2D eigenvalue weighted by molar-refractivity contribution is 6.29. The van der Waals surface area contributed by atoms with Crippen molar-refractivity contribution in [2.24, 2.45) is 0 Å². The summed E-state index contributed by atoms with van der Waals surface area (Å²) in [6.45, 7) is 0. The summed E-state index contributed by atoms with van der Waals surface area (Å²) >= 11 is 5.46. The van der Waals surface area contributed by atoms with Crippen LogP contribution in [0.2, 0.25) is 5.15 Å². The van der Waals surface area contributed by atoms with E-state index in [1.165, 1.54) is 12.5 Å². The van der Waals surface area contributed by atoms with E-state index in [0.717, 1.165) is 0 Å². The third kappa shape index (κ3) is 1.61. The lowest BCUT2D eigenvalue weighted by atomic mass is 10.5. The number of hydrogen-bond donors (Lipinski definition) is 0. The van der Waals surface area contributed by atoms with Gasteiger partial charge in [0.15, 0.2) is 5.75 Å². The van der Waals surface area contributed by atoms with Crippen LogP contribution in [-0.2, 0) is 0 Å². The molecule has 1 aromatic rings. The summed E-state index contributed by atoms with van der Waals surface area (Å²) in [6, 6.07) is 3.12. The minimum atomic E-state index is 0.380. The molecule has 10 heavy (non-hydrogen) atoms. The van der Waals surface area contributed by atoms with Gasteiger partial charge in [-0.15, -0.1) is 5.26 Å². The van der Waals surface area contributed by atoms with Crippen LogP contribution in [0, 0.1) is 11.5 Å². The van der Waals surface area contributed by atoms with E-state index >= 15 is 0 Å². The second-order valence-corrected chi connectivity index (χ2v) is 1.90. The molecule has 0 saturated carbocycles. The van der Waals surface area contributed by atoms with Crippen molar-refractivity contribution in [1.29, 1.82) is 5.26 Å². The van der Waals surface area contributed by atoms with Gasteiger partial charge in [-0.1, -0.05) is 11.6 Å². The van der Waals surface area contributed by atoms with Crippen LogP contribution in [0.5, 0.6) is 5.75 Å². The molecule has 0 bridgehead atoms. The van der Waals surface area contributed by atoms with Crippen molar-refractivity contribution < 1.29 is 4.74 Å². The van der Waals surface area contributed by atoms with E-state index in [1.807, 2.05) is 0 Å². The molecule has 4 heteroatoms. The zero-order valence-corrected chi connectivity index (χ0v) is 5.67. The molecule has 0 unspecified atom stereocenters. The Morgan fingerprint density at radius 3 is 2.90 bits per heavy atom. The number of hydrogen-bond acceptors (Lipinski definition) is 3. The van der Waals surface area contributed by atoms with Crippen LogP contribution in [0.15, 0.2) is 18.3 Å². The SMILES string of the molecule is N#COc1ccc(Cl)nc1. The summed E-state index contributed by atoms with van der Waals surface area (Å²) in [7, 11) is 0. The van der Waals surface area contributed by atoms with Gasteiger partial charge >= 0.3 is 0 Å². The molecule has 0 radical (unpaired) electrons. The number of rotatable bonds is 1. The quantitative estimate of drug-likeness (QED) is 0.456. The van der Waals surface area contributed by atoms with Gasteiger partial charge in [-0.3, -0.25) is 0 Å². The van der Waals surface area contributed by atoms with Crippen LogP contribution >= 0.6 is 11.6 Å². The minimum Gasteiger partial charge on any atom is -0.386 e. The molecule has 0 fully saturated rings. The first-order chi connectivity index (χ1) is 4.83. The van der Waals surface area contributed by atoms with E-state index in [1.54, 1.807) is 12.1 Å². The van der Waals surface area contributed by atoms with Crippen LogP contribution in [0.3, 0.4) is 0 Å². The lowest BCUT2D eigenvalue weighted by Gasteiger charge is -1.92. The summed E-state index contributed by atoms with van der Waals surface area (Å²) in [6.07, 6.45) is 2.90. The summed E-state index contributed by atoms with van der Waals surface area (Å²) in [5.41, 5.74) is 0.